The first-order chi connectivity index (χ1) is 9.44. The molecule has 0 aliphatic heterocycles. The third kappa shape index (κ3) is 2.33. The van der Waals surface area contributed by atoms with Crippen molar-refractivity contribution in [3.63, 3.8) is 0 Å². The SMILES string of the molecule is Cc1cc2c(o1)CC(C)(C)CC2NC(=O)c1ncn[nH]1. The lowest BCUT2D eigenvalue weighted by Crippen LogP contribution is -2.36. The number of hydrogen-bond acceptors (Lipinski definition) is 4. The van der Waals surface area contributed by atoms with Gasteiger partial charge >= 0.3 is 0 Å². The lowest BCUT2D eigenvalue weighted by atomic mass is 9.74. The lowest BCUT2D eigenvalue weighted by Gasteiger charge is -2.34. The molecule has 2 N–H and O–H groups in total. The highest BCUT2D eigenvalue weighted by molar-refractivity contribution is 5.90. The summed E-state index contributed by atoms with van der Waals surface area (Å²) in [7, 11) is 0. The summed E-state index contributed by atoms with van der Waals surface area (Å²) in [6.45, 7) is 6.30. The van der Waals surface area contributed by atoms with E-state index in [0.717, 1.165) is 29.9 Å². The fourth-order valence-electron chi connectivity index (χ4n) is 2.85. The Morgan fingerprint density at radius 3 is 3.05 bits per heavy atom. The highest BCUT2D eigenvalue weighted by Crippen LogP contribution is 2.42. The fraction of sp³-hybridized carbons (Fsp3) is 0.500. The molecule has 0 spiro atoms. The molecule has 20 heavy (non-hydrogen) atoms. The standard InChI is InChI=1S/C14H18N4O2/c1-8-4-9-10(5-14(2,3)6-11(9)20-8)17-13(19)12-15-7-16-18-12/h4,7,10H,5-6H2,1-3H3,(H,17,19)(H,15,16,18). The number of aromatic amines is 1. The van der Waals surface area contributed by atoms with E-state index in [4.69, 9.17) is 4.42 Å². The highest BCUT2D eigenvalue weighted by Gasteiger charge is 2.35. The number of nitrogens with zero attached hydrogens (tertiary/aromatic N) is 2. The van der Waals surface area contributed by atoms with Crippen LogP contribution in [-0.4, -0.2) is 21.1 Å². The molecule has 1 aliphatic rings. The van der Waals surface area contributed by atoms with Gasteiger partial charge in [-0.15, -0.1) is 0 Å². The zero-order chi connectivity index (χ0) is 14.3. The summed E-state index contributed by atoms with van der Waals surface area (Å²) >= 11 is 0. The Bertz CT molecular complexity index is 628. The maximum absolute atomic E-state index is 12.1. The molecule has 1 aliphatic carbocycles. The fourth-order valence-corrected chi connectivity index (χ4v) is 2.85. The van der Waals surface area contributed by atoms with Gasteiger partial charge in [0.1, 0.15) is 17.8 Å². The smallest absolute Gasteiger partial charge is 0.289 e. The third-order valence-electron chi connectivity index (χ3n) is 3.67. The van der Waals surface area contributed by atoms with E-state index in [-0.39, 0.29) is 23.2 Å². The van der Waals surface area contributed by atoms with Gasteiger partial charge in [-0.3, -0.25) is 9.89 Å². The summed E-state index contributed by atoms with van der Waals surface area (Å²) in [5, 5.41) is 9.29. The van der Waals surface area contributed by atoms with Gasteiger partial charge in [-0.1, -0.05) is 13.8 Å². The van der Waals surface area contributed by atoms with Crippen molar-refractivity contribution in [2.45, 2.75) is 39.7 Å². The second kappa shape index (κ2) is 4.47. The van der Waals surface area contributed by atoms with E-state index in [2.05, 4.69) is 34.3 Å². The molecule has 0 radical (unpaired) electrons. The number of rotatable bonds is 2. The van der Waals surface area contributed by atoms with Crippen LogP contribution >= 0.6 is 0 Å². The van der Waals surface area contributed by atoms with Crippen molar-refractivity contribution in [1.29, 1.82) is 0 Å². The molecule has 6 heteroatoms. The first-order valence-electron chi connectivity index (χ1n) is 6.70. The number of H-pyrrole nitrogens is 1. The minimum atomic E-state index is -0.241. The average Bonchev–Trinajstić information content (AvgIpc) is 2.95. The molecule has 2 heterocycles. The van der Waals surface area contributed by atoms with E-state index in [9.17, 15) is 4.79 Å². The Hall–Kier alpha value is -2.11. The zero-order valence-corrected chi connectivity index (χ0v) is 11.9. The van der Waals surface area contributed by atoms with Gasteiger partial charge in [-0.25, -0.2) is 4.98 Å². The average molecular weight is 274 g/mol. The molecular formula is C14H18N4O2. The van der Waals surface area contributed by atoms with Crippen LogP contribution in [0.25, 0.3) is 0 Å². The number of carbonyl (C=O) groups is 1. The van der Waals surface area contributed by atoms with Gasteiger partial charge in [0.25, 0.3) is 5.91 Å². The maximum Gasteiger partial charge on any atom is 0.289 e. The van der Waals surface area contributed by atoms with Crippen molar-refractivity contribution in [2.24, 2.45) is 5.41 Å². The molecule has 1 atom stereocenters. The van der Waals surface area contributed by atoms with Gasteiger partial charge in [-0.05, 0) is 24.8 Å². The molecule has 2 aromatic rings. The number of nitrogens with one attached hydrogen (secondary N) is 2. The van der Waals surface area contributed by atoms with E-state index < -0.39 is 0 Å². The van der Waals surface area contributed by atoms with Crippen LogP contribution in [0, 0.1) is 12.3 Å². The number of furan rings is 1. The molecule has 2 aromatic heterocycles. The van der Waals surface area contributed by atoms with Gasteiger partial charge in [0.15, 0.2) is 0 Å². The summed E-state index contributed by atoms with van der Waals surface area (Å²) < 4.78 is 5.76. The number of carbonyl (C=O) groups excluding carboxylic acids is 1. The monoisotopic (exact) mass is 274 g/mol. The number of fused-ring (bicyclic) bond motifs is 1. The third-order valence-corrected chi connectivity index (χ3v) is 3.67. The Labute approximate surface area is 117 Å². The summed E-state index contributed by atoms with van der Waals surface area (Å²) in [5.41, 5.74) is 1.17. The molecule has 0 saturated heterocycles. The van der Waals surface area contributed by atoms with Crippen molar-refractivity contribution < 1.29 is 9.21 Å². The van der Waals surface area contributed by atoms with E-state index in [0.29, 0.717) is 0 Å². The second-order valence-corrected chi connectivity index (χ2v) is 6.14. The molecule has 1 unspecified atom stereocenters. The highest BCUT2D eigenvalue weighted by atomic mass is 16.3. The van der Waals surface area contributed by atoms with Crippen LogP contribution in [-0.2, 0) is 6.42 Å². The summed E-state index contributed by atoms with van der Waals surface area (Å²) in [5.74, 6) is 1.85. The van der Waals surface area contributed by atoms with Gasteiger partial charge in [-0.2, -0.15) is 5.10 Å². The molecular weight excluding hydrogens is 256 g/mol. The summed E-state index contributed by atoms with van der Waals surface area (Å²) in [6.07, 6.45) is 3.09. The van der Waals surface area contributed by atoms with Crippen molar-refractivity contribution in [2.75, 3.05) is 0 Å². The number of hydrogen-bond donors (Lipinski definition) is 2. The van der Waals surface area contributed by atoms with Gasteiger partial charge in [0, 0.05) is 12.0 Å². The Balaban J connectivity index is 1.87. The molecule has 1 amide bonds. The molecule has 6 nitrogen and oxygen atoms in total. The van der Waals surface area contributed by atoms with E-state index in [1.165, 1.54) is 6.33 Å². The zero-order valence-electron chi connectivity index (χ0n) is 11.9. The molecule has 0 saturated carbocycles. The number of aromatic nitrogens is 3. The number of aryl methyl sites for hydroxylation is 1. The first kappa shape index (κ1) is 12.9. The molecule has 0 fully saturated rings. The minimum absolute atomic E-state index is 0.0520. The molecule has 3 rings (SSSR count). The van der Waals surface area contributed by atoms with E-state index in [1.54, 1.807) is 0 Å². The predicted octanol–water partition coefficient (Wildman–Crippen LogP) is 2.15. The van der Waals surface area contributed by atoms with Crippen LogP contribution in [0.3, 0.4) is 0 Å². The van der Waals surface area contributed by atoms with Gasteiger partial charge in [0.2, 0.25) is 5.82 Å². The van der Waals surface area contributed by atoms with Crippen LogP contribution < -0.4 is 5.32 Å². The predicted molar refractivity (Wildman–Crippen MR) is 72.1 cm³/mol. The number of amides is 1. The maximum atomic E-state index is 12.1. The lowest BCUT2D eigenvalue weighted by molar-refractivity contribution is 0.0907. The van der Waals surface area contributed by atoms with Crippen LogP contribution in [0.1, 0.15) is 54.0 Å². The molecule has 0 aromatic carbocycles. The Kier molecular flexibility index (Phi) is 2.88. The van der Waals surface area contributed by atoms with Crippen molar-refractivity contribution in [3.05, 3.63) is 35.3 Å². The minimum Gasteiger partial charge on any atom is -0.466 e. The largest absolute Gasteiger partial charge is 0.466 e. The first-order valence-corrected chi connectivity index (χ1v) is 6.70. The summed E-state index contributed by atoms with van der Waals surface area (Å²) in [4.78, 5) is 16.0. The second-order valence-electron chi connectivity index (χ2n) is 6.14. The summed E-state index contributed by atoms with van der Waals surface area (Å²) in [6, 6.07) is 1.96. The van der Waals surface area contributed by atoms with E-state index in [1.807, 2.05) is 13.0 Å². The van der Waals surface area contributed by atoms with Crippen LogP contribution in [0.15, 0.2) is 16.8 Å². The van der Waals surface area contributed by atoms with Crippen molar-refractivity contribution >= 4 is 5.91 Å². The molecule has 0 bridgehead atoms. The molecule has 106 valence electrons. The van der Waals surface area contributed by atoms with Crippen molar-refractivity contribution in [3.8, 4) is 0 Å². The topological polar surface area (TPSA) is 83.8 Å². The van der Waals surface area contributed by atoms with Crippen LogP contribution in [0.2, 0.25) is 0 Å². The van der Waals surface area contributed by atoms with E-state index >= 15 is 0 Å². The van der Waals surface area contributed by atoms with Gasteiger partial charge in [0.05, 0.1) is 6.04 Å². The normalized spacial score (nSPS) is 20.4. The van der Waals surface area contributed by atoms with Gasteiger partial charge < -0.3 is 9.73 Å². The Morgan fingerprint density at radius 1 is 1.55 bits per heavy atom. The van der Waals surface area contributed by atoms with Crippen molar-refractivity contribution in [1.82, 2.24) is 20.5 Å². The van der Waals surface area contributed by atoms with Crippen LogP contribution in [0.4, 0.5) is 0 Å². The van der Waals surface area contributed by atoms with Crippen LogP contribution in [0.5, 0.6) is 0 Å². The quantitative estimate of drug-likeness (QED) is 0.878. The Morgan fingerprint density at radius 2 is 2.35 bits per heavy atom.